The number of hydrogen-bond acceptors (Lipinski definition) is 2. The third-order valence-electron chi connectivity index (χ3n) is 3.55. The standard InChI is InChI=1S/C12H20N2O/c1-3-4-8(2)13-12(15)10-7-9-5-6-11(10)14-9/h3,8-11,14H,1,4-7H2,2H3,(H,13,15). The minimum atomic E-state index is 0.205. The molecule has 0 aliphatic carbocycles. The highest BCUT2D eigenvalue weighted by atomic mass is 16.2. The van der Waals surface area contributed by atoms with Crippen LogP contribution < -0.4 is 10.6 Å². The van der Waals surface area contributed by atoms with Crippen molar-refractivity contribution in [3.8, 4) is 0 Å². The average molecular weight is 208 g/mol. The van der Waals surface area contributed by atoms with E-state index in [0.717, 1.165) is 12.8 Å². The van der Waals surface area contributed by atoms with Crippen LogP contribution in [0, 0.1) is 5.92 Å². The maximum atomic E-state index is 11.9. The first-order valence-corrected chi connectivity index (χ1v) is 5.88. The molecule has 15 heavy (non-hydrogen) atoms. The predicted molar refractivity (Wildman–Crippen MR) is 60.5 cm³/mol. The van der Waals surface area contributed by atoms with Crippen LogP contribution in [0.3, 0.4) is 0 Å². The Kier molecular flexibility index (Phi) is 3.10. The van der Waals surface area contributed by atoms with Crippen molar-refractivity contribution in [3.63, 3.8) is 0 Å². The summed E-state index contributed by atoms with van der Waals surface area (Å²) in [5.74, 6) is 0.431. The van der Waals surface area contributed by atoms with Gasteiger partial charge in [-0.05, 0) is 32.6 Å². The van der Waals surface area contributed by atoms with Gasteiger partial charge >= 0.3 is 0 Å². The van der Waals surface area contributed by atoms with Crippen LogP contribution in [0.2, 0.25) is 0 Å². The zero-order chi connectivity index (χ0) is 10.8. The summed E-state index contributed by atoms with van der Waals surface area (Å²) in [6.45, 7) is 5.71. The zero-order valence-electron chi connectivity index (χ0n) is 9.33. The van der Waals surface area contributed by atoms with Gasteiger partial charge in [0, 0.05) is 18.1 Å². The van der Waals surface area contributed by atoms with E-state index in [9.17, 15) is 4.79 Å². The van der Waals surface area contributed by atoms with Crippen LogP contribution in [0.15, 0.2) is 12.7 Å². The van der Waals surface area contributed by atoms with Gasteiger partial charge in [0.1, 0.15) is 0 Å². The lowest BCUT2D eigenvalue weighted by atomic mass is 9.88. The number of hydrogen-bond donors (Lipinski definition) is 2. The summed E-state index contributed by atoms with van der Waals surface area (Å²) in [5, 5.41) is 6.54. The normalized spacial score (nSPS) is 35.1. The molecule has 2 fully saturated rings. The third kappa shape index (κ3) is 2.23. The third-order valence-corrected chi connectivity index (χ3v) is 3.55. The molecule has 0 aromatic rings. The predicted octanol–water partition coefficient (Wildman–Crippen LogP) is 1.21. The second-order valence-corrected chi connectivity index (χ2v) is 4.82. The zero-order valence-corrected chi connectivity index (χ0v) is 9.33. The van der Waals surface area contributed by atoms with E-state index in [-0.39, 0.29) is 17.9 Å². The lowest BCUT2D eigenvalue weighted by molar-refractivity contribution is -0.126. The van der Waals surface area contributed by atoms with Gasteiger partial charge < -0.3 is 10.6 Å². The molecule has 0 radical (unpaired) electrons. The average Bonchev–Trinajstić information content (AvgIpc) is 2.78. The summed E-state index contributed by atoms with van der Waals surface area (Å²) in [6, 6.07) is 1.25. The highest BCUT2D eigenvalue weighted by Gasteiger charge is 2.42. The van der Waals surface area contributed by atoms with E-state index < -0.39 is 0 Å². The van der Waals surface area contributed by atoms with Crippen LogP contribution in [0.5, 0.6) is 0 Å². The summed E-state index contributed by atoms with van der Waals surface area (Å²) in [5.41, 5.74) is 0. The van der Waals surface area contributed by atoms with Crippen LogP contribution in [-0.2, 0) is 4.79 Å². The molecule has 3 heteroatoms. The van der Waals surface area contributed by atoms with Crippen molar-refractivity contribution in [2.24, 2.45) is 5.92 Å². The molecule has 84 valence electrons. The van der Waals surface area contributed by atoms with Gasteiger partial charge in [-0.1, -0.05) is 6.08 Å². The van der Waals surface area contributed by atoms with Crippen molar-refractivity contribution in [2.45, 2.75) is 50.7 Å². The van der Waals surface area contributed by atoms with E-state index in [0.29, 0.717) is 12.1 Å². The Labute approximate surface area is 91.3 Å². The second-order valence-electron chi connectivity index (χ2n) is 4.82. The van der Waals surface area contributed by atoms with Crippen molar-refractivity contribution in [1.82, 2.24) is 10.6 Å². The molecule has 2 heterocycles. The molecule has 2 saturated heterocycles. The number of fused-ring (bicyclic) bond motifs is 2. The van der Waals surface area contributed by atoms with Gasteiger partial charge in [0.25, 0.3) is 0 Å². The topological polar surface area (TPSA) is 41.1 Å². The summed E-state index contributed by atoms with van der Waals surface area (Å²) in [4.78, 5) is 11.9. The Morgan fingerprint density at radius 1 is 1.67 bits per heavy atom. The quantitative estimate of drug-likeness (QED) is 0.682. The van der Waals surface area contributed by atoms with E-state index in [4.69, 9.17) is 0 Å². The van der Waals surface area contributed by atoms with E-state index in [2.05, 4.69) is 17.2 Å². The molecule has 4 unspecified atom stereocenters. The van der Waals surface area contributed by atoms with Crippen molar-refractivity contribution in [2.75, 3.05) is 0 Å². The first-order valence-electron chi connectivity index (χ1n) is 5.88. The molecule has 0 aromatic carbocycles. The Bertz CT molecular complexity index is 264. The summed E-state index contributed by atoms with van der Waals surface area (Å²) >= 11 is 0. The molecule has 0 saturated carbocycles. The minimum absolute atomic E-state index is 0.205. The highest BCUT2D eigenvalue weighted by Crippen LogP contribution is 2.33. The van der Waals surface area contributed by atoms with Crippen LogP contribution in [0.25, 0.3) is 0 Å². The number of nitrogens with one attached hydrogen (secondary N) is 2. The molecule has 2 aliphatic rings. The van der Waals surface area contributed by atoms with Crippen molar-refractivity contribution in [3.05, 3.63) is 12.7 Å². The van der Waals surface area contributed by atoms with Crippen LogP contribution >= 0.6 is 0 Å². The molecule has 1 amide bonds. The Morgan fingerprint density at radius 3 is 3.00 bits per heavy atom. The Hall–Kier alpha value is -0.830. The molecule has 2 rings (SSSR count). The minimum Gasteiger partial charge on any atom is -0.353 e. The highest BCUT2D eigenvalue weighted by molar-refractivity contribution is 5.80. The molecular weight excluding hydrogens is 188 g/mol. The number of rotatable bonds is 4. The first kappa shape index (κ1) is 10.7. The van der Waals surface area contributed by atoms with Crippen LogP contribution in [0.4, 0.5) is 0 Å². The maximum Gasteiger partial charge on any atom is 0.224 e. The van der Waals surface area contributed by atoms with Gasteiger partial charge in [0.05, 0.1) is 5.92 Å². The largest absolute Gasteiger partial charge is 0.353 e. The summed E-state index contributed by atoms with van der Waals surface area (Å²) in [7, 11) is 0. The van der Waals surface area contributed by atoms with E-state index in [1.54, 1.807) is 0 Å². The molecule has 2 bridgehead atoms. The Morgan fingerprint density at radius 2 is 2.47 bits per heavy atom. The van der Waals surface area contributed by atoms with Gasteiger partial charge in [0.2, 0.25) is 5.91 Å². The fourth-order valence-corrected chi connectivity index (χ4v) is 2.77. The fraction of sp³-hybridized carbons (Fsp3) is 0.750. The molecule has 2 aliphatic heterocycles. The van der Waals surface area contributed by atoms with Crippen molar-refractivity contribution in [1.29, 1.82) is 0 Å². The monoisotopic (exact) mass is 208 g/mol. The maximum absolute atomic E-state index is 11.9. The van der Waals surface area contributed by atoms with Gasteiger partial charge in [0.15, 0.2) is 0 Å². The van der Waals surface area contributed by atoms with Crippen LogP contribution in [-0.4, -0.2) is 24.0 Å². The van der Waals surface area contributed by atoms with Crippen molar-refractivity contribution >= 4 is 5.91 Å². The summed E-state index contributed by atoms with van der Waals surface area (Å²) < 4.78 is 0. The van der Waals surface area contributed by atoms with E-state index in [1.165, 1.54) is 12.8 Å². The summed E-state index contributed by atoms with van der Waals surface area (Å²) in [6.07, 6.45) is 6.14. The molecule has 0 aromatic heterocycles. The van der Waals surface area contributed by atoms with Gasteiger partial charge in [-0.25, -0.2) is 0 Å². The smallest absolute Gasteiger partial charge is 0.224 e. The van der Waals surface area contributed by atoms with Gasteiger partial charge in [-0.2, -0.15) is 0 Å². The number of carbonyl (C=O) groups excluding carboxylic acids is 1. The van der Waals surface area contributed by atoms with Crippen LogP contribution in [0.1, 0.15) is 32.6 Å². The molecule has 4 atom stereocenters. The number of amides is 1. The van der Waals surface area contributed by atoms with E-state index >= 15 is 0 Å². The van der Waals surface area contributed by atoms with Gasteiger partial charge in [-0.3, -0.25) is 4.79 Å². The first-order chi connectivity index (χ1) is 7.20. The fourth-order valence-electron chi connectivity index (χ4n) is 2.77. The van der Waals surface area contributed by atoms with Gasteiger partial charge in [-0.15, -0.1) is 6.58 Å². The lowest BCUT2D eigenvalue weighted by Gasteiger charge is -2.21. The second kappa shape index (κ2) is 4.35. The van der Waals surface area contributed by atoms with E-state index in [1.807, 2.05) is 13.0 Å². The lowest BCUT2D eigenvalue weighted by Crippen LogP contribution is -2.41. The SMILES string of the molecule is C=CCC(C)NC(=O)C1CC2CCC1N2. The molecule has 2 N–H and O–H groups in total. The molecular formula is C12H20N2O. The number of carbonyl (C=O) groups is 1. The Balaban J connectivity index is 1.83. The van der Waals surface area contributed by atoms with Crippen molar-refractivity contribution < 1.29 is 4.79 Å². The molecule has 3 nitrogen and oxygen atoms in total. The molecule has 0 spiro atoms.